The third-order valence-corrected chi connectivity index (χ3v) is 2.46. The lowest BCUT2D eigenvalue weighted by atomic mass is 10.0. The van der Waals surface area contributed by atoms with E-state index in [-0.39, 0.29) is 0 Å². The zero-order valence-corrected chi connectivity index (χ0v) is 11.7. The zero-order valence-electron chi connectivity index (χ0n) is 11.7. The third kappa shape index (κ3) is 6.69. The summed E-state index contributed by atoms with van der Waals surface area (Å²) in [4.78, 5) is 4.48. The Hall–Kier alpha value is -1.83. The minimum atomic E-state index is 0.910. The van der Waals surface area contributed by atoms with Crippen LogP contribution in [-0.4, -0.2) is 6.21 Å². The van der Waals surface area contributed by atoms with Gasteiger partial charge in [0.2, 0.25) is 0 Å². The van der Waals surface area contributed by atoms with E-state index in [2.05, 4.69) is 25.1 Å². The van der Waals surface area contributed by atoms with E-state index in [0.717, 1.165) is 29.7 Å². The molecule has 0 aromatic carbocycles. The van der Waals surface area contributed by atoms with E-state index < -0.39 is 0 Å². The van der Waals surface area contributed by atoms with Gasteiger partial charge in [0.15, 0.2) is 0 Å². The largest absolute Gasteiger partial charge is 0.405 e. The third-order valence-electron chi connectivity index (χ3n) is 2.46. The van der Waals surface area contributed by atoms with Gasteiger partial charge in [-0.3, -0.25) is 4.99 Å². The van der Waals surface area contributed by atoms with Crippen molar-refractivity contribution >= 4 is 6.21 Å². The summed E-state index contributed by atoms with van der Waals surface area (Å²) < 4.78 is 0. The Morgan fingerprint density at radius 3 is 2.44 bits per heavy atom. The van der Waals surface area contributed by atoms with Crippen molar-refractivity contribution in [3.8, 4) is 0 Å². The molecule has 0 aliphatic rings. The summed E-state index contributed by atoms with van der Waals surface area (Å²) in [6.07, 6.45) is 10.6. The number of allylic oxidation sites excluding steroid dienone is 7. The molecule has 98 valence electrons. The predicted octanol–water partition coefficient (Wildman–Crippen LogP) is 4.29. The van der Waals surface area contributed by atoms with Crippen LogP contribution in [0.5, 0.6) is 0 Å². The predicted molar refractivity (Wildman–Crippen MR) is 82.5 cm³/mol. The highest BCUT2D eigenvalue weighted by molar-refractivity contribution is 5.83. The van der Waals surface area contributed by atoms with Gasteiger partial charge in [0, 0.05) is 11.9 Å². The molecule has 0 aliphatic heterocycles. The summed E-state index contributed by atoms with van der Waals surface area (Å²) in [7, 11) is 0. The molecule has 2 N–H and O–H groups in total. The van der Waals surface area contributed by atoms with Gasteiger partial charge >= 0.3 is 0 Å². The molecule has 0 aromatic rings. The fourth-order valence-electron chi connectivity index (χ4n) is 1.52. The Bertz CT molecular complexity index is 407. The van der Waals surface area contributed by atoms with Crippen molar-refractivity contribution in [2.75, 3.05) is 0 Å². The number of rotatable bonds is 7. The topological polar surface area (TPSA) is 38.4 Å². The second kappa shape index (κ2) is 9.23. The average Bonchev–Trinajstić information content (AvgIpc) is 2.33. The van der Waals surface area contributed by atoms with E-state index in [1.807, 2.05) is 19.9 Å². The van der Waals surface area contributed by atoms with Gasteiger partial charge in [-0.1, -0.05) is 37.8 Å². The van der Waals surface area contributed by atoms with Crippen LogP contribution in [0.1, 0.15) is 33.6 Å². The summed E-state index contributed by atoms with van der Waals surface area (Å²) in [5.74, 6) is 0. The van der Waals surface area contributed by atoms with Gasteiger partial charge in [0.05, 0.1) is 0 Å². The van der Waals surface area contributed by atoms with E-state index in [0.29, 0.717) is 0 Å². The summed E-state index contributed by atoms with van der Waals surface area (Å²) >= 11 is 0. The van der Waals surface area contributed by atoms with Crippen molar-refractivity contribution in [1.29, 1.82) is 0 Å². The van der Waals surface area contributed by atoms with E-state index in [4.69, 9.17) is 5.73 Å². The number of hydrogen-bond acceptors (Lipinski definition) is 2. The molecule has 0 heterocycles. The van der Waals surface area contributed by atoms with Crippen LogP contribution in [0, 0.1) is 0 Å². The zero-order chi connectivity index (χ0) is 14.0. The molecule has 2 heteroatoms. The summed E-state index contributed by atoms with van der Waals surface area (Å²) in [5, 5.41) is 0. The van der Waals surface area contributed by atoms with Crippen molar-refractivity contribution in [2.24, 2.45) is 10.7 Å². The molecule has 0 saturated carbocycles. The van der Waals surface area contributed by atoms with Crippen molar-refractivity contribution in [3.63, 3.8) is 0 Å². The van der Waals surface area contributed by atoms with Crippen LogP contribution >= 0.6 is 0 Å². The van der Waals surface area contributed by atoms with Crippen LogP contribution in [0.3, 0.4) is 0 Å². The maximum Gasteiger partial charge on any atom is 0.0368 e. The lowest BCUT2D eigenvalue weighted by molar-refractivity contribution is 0.953. The van der Waals surface area contributed by atoms with Gasteiger partial charge < -0.3 is 5.73 Å². The monoisotopic (exact) mass is 244 g/mol. The molecule has 18 heavy (non-hydrogen) atoms. The van der Waals surface area contributed by atoms with Crippen molar-refractivity contribution in [3.05, 3.63) is 60.0 Å². The molecule has 0 radical (unpaired) electrons. The van der Waals surface area contributed by atoms with Crippen LogP contribution in [0.2, 0.25) is 0 Å². The quantitative estimate of drug-likeness (QED) is 0.405. The molecule has 0 aromatic heterocycles. The molecule has 0 rings (SSSR count). The van der Waals surface area contributed by atoms with E-state index >= 15 is 0 Å². The van der Waals surface area contributed by atoms with Gasteiger partial charge in [-0.15, -0.1) is 0 Å². The Labute approximate surface area is 111 Å². The molecule has 0 fully saturated rings. The van der Waals surface area contributed by atoms with E-state index in [9.17, 15) is 0 Å². The second-order valence-electron chi connectivity index (χ2n) is 4.20. The van der Waals surface area contributed by atoms with Crippen molar-refractivity contribution < 1.29 is 0 Å². The highest BCUT2D eigenvalue weighted by atomic mass is 14.7. The number of nitrogens with zero attached hydrogens (tertiary/aromatic N) is 1. The molecule has 0 aliphatic carbocycles. The first-order valence-electron chi connectivity index (χ1n) is 6.13. The first-order valence-corrected chi connectivity index (χ1v) is 6.13. The van der Waals surface area contributed by atoms with Gasteiger partial charge in [-0.05, 0) is 50.1 Å². The van der Waals surface area contributed by atoms with Crippen molar-refractivity contribution in [2.45, 2.75) is 33.6 Å². The maximum atomic E-state index is 5.38. The molecule has 0 saturated heterocycles. The van der Waals surface area contributed by atoms with Crippen LogP contribution in [0.25, 0.3) is 0 Å². The Morgan fingerprint density at radius 1 is 1.33 bits per heavy atom. The summed E-state index contributed by atoms with van der Waals surface area (Å²) in [6, 6.07) is 0. The Kier molecular flexibility index (Phi) is 8.29. The smallest absolute Gasteiger partial charge is 0.0368 e. The number of nitrogens with two attached hydrogens (primary N) is 1. The van der Waals surface area contributed by atoms with Crippen LogP contribution < -0.4 is 5.73 Å². The molecular weight excluding hydrogens is 220 g/mol. The first-order chi connectivity index (χ1) is 8.54. The SMILES string of the molecule is C=C/C=C(\C=C/N)/C=N/C(C)=C(/CC)CC(=C)C. The van der Waals surface area contributed by atoms with Crippen LogP contribution in [-0.2, 0) is 0 Å². The molecule has 0 atom stereocenters. The number of hydrogen-bond donors (Lipinski definition) is 1. The fourth-order valence-corrected chi connectivity index (χ4v) is 1.52. The summed E-state index contributed by atoms with van der Waals surface area (Å²) in [5.41, 5.74) is 9.82. The lowest BCUT2D eigenvalue weighted by Gasteiger charge is -2.06. The van der Waals surface area contributed by atoms with Crippen LogP contribution in [0.4, 0.5) is 0 Å². The first kappa shape index (κ1) is 16.2. The molecule has 0 unspecified atom stereocenters. The standard InChI is InChI=1S/C16H24N2/c1-6-8-15(9-10-17)12-18-14(5)16(7-2)11-13(3)4/h6,8-10,12H,1,3,7,11,17H2,2,4-5H3/b10-9-,15-8+,16-14-,18-12+. The molecule has 2 nitrogen and oxygen atoms in total. The highest BCUT2D eigenvalue weighted by Crippen LogP contribution is 2.17. The number of aliphatic imine (C=N–C) groups is 1. The summed E-state index contributed by atoms with van der Waals surface area (Å²) in [6.45, 7) is 13.8. The maximum absolute atomic E-state index is 5.38. The van der Waals surface area contributed by atoms with E-state index in [1.54, 1.807) is 18.4 Å². The molecule has 0 spiro atoms. The van der Waals surface area contributed by atoms with Gasteiger partial charge in [-0.25, -0.2) is 0 Å². The van der Waals surface area contributed by atoms with E-state index in [1.165, 1.54) is 11.8 Å². The fraction of sp³-hybridized carbons (Fsp3) is 0.312. The van der Waals surface area contributed by atoms with Gasteiger partial charge in [0.25, 0.3) is 0 Å². The van der Waals surface area contributed by atoms with Crippen LogP contribution in [0.15, 0.2) is 65.0 Å². The lowest BCUT2D eigenvalue weighted by Crippen LogP contribution is -1.89. The Balaban J connectivity index is 5.03. The normalized spacial score (nSPS) is 14.1. The highest BCUT2D eigenvalue weighted by Gasteiger charge is 1.99. The molecular formula is C16H24N2. The molecule has 0 amide bonds. The van der Waals surface area contributed by atoms with Gasteiger partial charge in [0.1, 0.15) is 0 Å². The van der Waals surface area contributed by atoms with Gasteiger partial charge in [-0.2, -0.15) is 0 Å². The average molecular weight is 244 g/mol. The van der Waals surface area contributed by atoms with Crippen molar-refractivity contribution in [1.82, 2.24) is 0 Å². The minimum absolute atomic E-state index is 0.910. The Morgan fingerprint density at radius 2 is 2.00 bits per heavy atom. The minimum Gasteiger partial charge on any atom is -0.405 e. The second-order valence-corrected chi connectivity index (χ2v) is 4.20. The molecule has 0 bridgehead atoms.